The SMILES string of the molecule is CCSCCCNc1cc([N+](=O)[O-])ccc1F. The average Bonchev–Trinajstić information content (AvgIpc) is 2.30. The summed E-state index contributed by atoms with van der Waals surface area (Å²) in [6, 6.07) is 3.50. The van der Waals surface area contributed by atoms with Crippen molar-refractivity contribution in [3.63, 3.8) is 0 Å². The molecule has 0 unspecified atom stereocenters. The van der Waals surface area contributed by atoms with Gasteiger partial charge in [-0.1, -0.05) is 6.92 Å². The second-order valence-electron chi connectivity index (χ2n) is 3.40. The maximum Gasteiger partial charge on any atom is 0.271 e. The molecule has 1 aromatic rings. The highest BCUT2D eigenvalue weighted by Crippen LogP contribution is 2.21. The lowest BCUT2D eigenvalue weighted by Gasteiger charge is -2.06. The van der Waals surface area contributed by atoms with Crippen LogP contribution in [0, 0.1) is 15.9 Å². The van der Waals surface area contributed by atoms with Gasteiger partial charge in [-0.15, -0.1) is 0 Å². The monoisotopic (exact) mass is 258 g/mol. The van der Waals surface area contributed by atoms with Crippen LogP contribution in [0.3, 0.4) is 0 Å². The number of anilines is 1. The Morgan fingerprint density at radius 1 is 1.53 bits per heavy atom. The lowest BCUT2D eigenvalue weighted by molar-refractivity contribution is -0.384. The first-order valence-corrected chi connectivity index (χ1v) is 6.56. The summed E-state index contributed by atoms with van der Waals surface area (Å²) >= 11 is 1.81. The third-order valence-electron chi connectivity index (χ3n) is 2.15. The van der Waals surface area contributed by atoms with Gasteiger partial charge in [0.25, 0.3) is 5.69 Å². The zero-order valence-electron chi connectivity index (χ0n) is 9.61. The summed E-state index contributed by atoms with van der Waals surface area (Å²) in [7, 11) is 0. The summed E-state index contributed by atoms with van der Waals surface area (Å²) in [5.74, 6) is 1.60. The summed E-state index contributed by atoms with van der Waals surface area (Å²) < 4.78 is 13.3. The van der Waals surface area contributed by atoms with Crippen LogP contribution in [0.15, 0.2) is 18.2 Å². The molecular formula is C11H15FN2O2S. The molecule has 6 heteroatoms. The number of nitrogens with zero attached hydrogens (tertiary/aromatic N) is 1. The van der Waals surface area contributed by atoms with E-state index < -0.39 is 10.7 Å². The van der Waals surface area contributed by atoms with E-state index in [2.05, 4.69) is 12.2 Å². The topological polar surface area (TPSA) is 55.2 Å². The molecule has 0 atom stereocenters. The van der Waals surface area contributed by atoms with Crippen LogP contribution in [-0.2, 0) is 0 Å². The molecular weight excluding hydrogens is 243 g/mol. The quantitative estimate of drug-likeness (QED) is 0.463. The van der Waals surface area contributed by atoms with Crippen LogP contribution in [0.1, 0.15) is 13.3 Å². The van der Waals surface area contributed by atoms with Crippen molar-refractivity contribution in [3.8, 4) is 0 Å². The van der Waals surface area contributed by atoms with Crippen molar-refractivity contribution in [2.75, 3.05) is 23.4 Å². The Bertz CT molecular complexity index is 388. The highest BCUT2D eigenvalue weighted by molar-refractivity contribution is 7.99. The first-order chi connectivity index (χ1) is 8.15. The van der Waals surface area contributed by atoms with E-state index in [0.29, 0.717) is 6.54 Å². The molecule has 0 aliphatic heterocycles. The Labute approximate surface area is 104 Å². The van der Waals surface area contributed by atoms with Crippen LogP contribution in [0.2, 0.25) is 0 Å². The van der Waals surface area contributed by atoms with Gasteiger partial charge in [0.1, 0.15) is 5.82 Å². The third kappa shape index (κ3) is 4.60. The predicted molar refractivity (Wildman–Crippen MR) is 69.2 cm³/mol. The number of non-ortho nitro benzene ring substituents is 1. The molecule has 0 radical (unpaired) electrons. The normalized spacial score (nSPS) is 10.2. The fourth-order valence-electron chi connectivity index (χ4n) is 1.30. The van der Waals surface area contributed by atoms with Crippen LogP contribution in [0.4, 0.5) is 15.8 Å². The van der Waals surface area contributed by atoms with Gasteiger partial charge in [0.15, 0.2) is 0 Å². The van der Waals surface area contributed by atoms with Crippen LogP contribution in [-0.4, -0.2) is 23.0 Å². The lowest BCUT2D eigenvalue weighted by atomic mass is 10.2. The first-order valence-electron chi connectivity index (χ1n) is 5.40. The van der Waals surface area contributed by atoms with Gasteiger partial charge in [-0.25, -0.2) is 4.39 Å². The lowest BCUT2D eigenvalue weighted by Crippen LogP contribution is -2.05. The number of hydrogen-bond donors (Lipinski definition) is 1. The third-order valence-corrected chi connectivity index (χ3v) is 3.13. The molecule has 17 heavy (non-hydrogen) atoms. The van der Waals surface area contributed by atoms with E-state index in [0.717, 1.165) is 30.1 Å². The fourth-order valence-corrected chi connectivity index (χ4v) is 1.94. The van der Waals surface area contributed by atoms with E-state index in [4.69, 9.17) is 0 Å². The molecule has 0 saturated carbocycles. The van der Waals surface area contributed by atoms with Crippen molar-refractivity contribution in [2.24, 2.45) is 0 Å². The molecule has 1 rings (SSSR count). The summed E-state index contributed by atoms with van der Waals surface area (Å²) in [5.41, 5.74) is 0.0949. The van der Waals surface area contributed by atoms with E-state index in [-0.39, 0.29) is 11.4 Å². The Morgan fingerprint density at radius 2 is 2.29 bits per heavy atom. The van der Waals surface area contributed by atoms with Crippen LogP contribution >= 0.6 is 11.8 Å². The molecule has 94 valence electrons. The molecule has 0 heterocycles. The van der Waals surface area contributed by atoms with E-state index in [1.54, 1.807) is 0 Å². The summed E-state index contributed by atoms with van der Waals surface area (Å²) in [6.07, 6.45) is 0.903. The average molecular weight is 258 g/mol. The molecule has 0 saturated heterocycles. The number of hydrogen-bond acceptors (Lipinski definition) is 4. The number of nitrogens with one attached hydrogen (secondary N) is 1. The van der Waals surface area contributed by atoms with E-state index >= 15 is 0 Å². The molecule has 0 amide bonds. The summed E-state index contributed by atoms with van der Waals surface area (Å²) in [6.45, 7) is 2.70. The van der Waals surface area contributed by atoms with Crippen molar-refractivity contribution in [1.29, 1.82) is 0 Å². The minimum atomic E-state index is -0.530. The van der Waals surface area contributed by atoms with Crippen molar-refractivity contribution in [2.45, 2.75) is 13.3 Å². The van der Waals surface area contributed by atoms with Crippen molar-refractivity contribution in [1.82, 2.24) is 0 Å². The minimum Gasteiger partial charge on any atom is -0.382 e. The number of rotatable bonds is 7. The molecule has 4 nitrogen and oxygen atoms in total. The maximum atomic E-state index is 13.3. The fraction of sp³-hybridized carbons (Fsp3) is 0.455. The minimum absolute atomic E-state index is 0.100. The van der Waals surface area contributed by atoms with Gasteiger partial charge in [0.2, 0.25) is 0 Å². The van der Waals surface area contributed by atoms with Crippen LogP contribution in [0.5, 0.6) is 0 Å². The standard InChI is InChI=1S/C11H15FN2O2S/c1-2-17-7-3-6-13-11-8-9(14(15)16)4-5-10(11)12/h4-5,8,13H,2-3,6-7H2,1H3. The zero-order chi connectivity index (χ0) is 12.7. The number of nitro groups is 1. The van der Waals surface area contributed by atoms with Gasteiger partial charge in [-0.05, 0) is 24.0 Å². The van der Waals surface area contributed by atoms with Gasteiger partial charge in [-0.2, -0.15) is 11.8 Å². The zero-order valence-corrected chi connectivity index (χ0v) is 10.4. The molecule has 0 aliphatic carbocycles. The second-order valence-corrected chi connectivity index (χ2v) is 4.79. The van der Waals surface area contributed by atoms with E-state index in [1.165, 1.54) is 6.07 Å². The highest BCUT2D eigenvalue weighted by atomic mass is 32.2. The maximum absolute atomic E-state index is 13.3. The summed E-state index contributed by atoms with van der Waals surface area (Å²) in [5, 5.41) is 13.4. The Morgan fingerprint density at radius 3 is 2.94 bits per heavy atom. The van der Waals surface area contributed by atoms with Gasteiger partial charge in [0.05, 0.1) is 10.6 Å². The van der Waals surface area contributed by atoms with E-state index in [1.807, 2.05) is 11.8 Å². The van der Waals surface area contributed by atoms with Crippen molar-refractivity contribution >= 4 is 23.1 Å². The smallest absolute Gasteiger partial charge is 0.271 e. The number of halogens is 1. The molecule has 0 spiro atoms. The van der Waals surface area contributed by atoms with Gasteiger partial charge < -0.3 is 5.32 Å². The molecule has 0 fully saturated rings. The van der Waals surface area contributed by atoms with Crippen molar-refractivity contribution in [3.05, 3.63) is 34.1 Å². The Hall–Kier alpha value is -1.30. The Balaban J connectivity index is 2.51. The Kier molecular flexibility index (Phi) is 5.76. The van der Waals surface area contributed by atoms with E-state index in [9.17, 15) is 14.5 Å². The first kappa shape index (κ1) is 13.8. The molecule has 1 aromatic carbocycles. The molecule has 0 aliphatic rings. The van der Waals surface area contributed by atoms with Crippen LogP contribution < -0.4 is 5.32 Å². The molecule has 0 bridgehead atoms. The second kappa shape index (κ2) is 7.11. The van der Waals surface area contributed by atoms with Crippen LogP contribution in [0.25, 0.3) is 0 Å². The number of benzene rings is 1. The van der Waals surface area contributed by atoms with Crippen molar-refractivity contribution < 1.29 is 9.31 Å². The van der Waals surface area contributed by atoms with Gasteiger partial charge in [-0.3, -0.25) is 10.1 Å². The van der Waals surface area contributed by atoms with Gasteiger partial charge in [0, 0.05) is 18.7 Å². The van der Waals surface area contributed by atoms with Gasteiger partial charge >= 0.3 is 0 Å². The molecule has 0 aromatic heterocycles. The summed E-state index contributed by atoms with van der Waals surface area (Å²) in [4.78, 5) is 10.0. The number of thioether (sulfide) groups is 1. The molecule has 1 N–H and O–H groups in total. The highest BCUT2D eigenvalue weighted by Gasteiger charge is 2.09. The predicted octanol–water partition coefficient (Wildman–Crippen LogP) is 3.29. The number of nitro benzene ring substituents is 1. The largest absolute Gasteiger partial charge is 0.382 e.